The van der Waals surface area contributed by atoms with Crippen molar-refractivity contribution < 1.29 is 0 Å². The first-order valence-corrected chi connectivity index (χ1v) is 7.44. The number of thiol groups is 1. The van der Waals surface area contributed by atoms with Crippen LogP contribution in [0, 0.1) is 29.1 Å². The minimum Gasteiger partial charge on any atom is -0.172 e. The van der Waals surface area contributed by atoms with Crippen LogP contribution in [0.2, 0.25) is 0 Å². The third-order valence-electron chi connectivity index (χ3n) is 5.82. The minimum atomic E-state index is 0.341. The van der Waals surface area contributed by atoms with E-state index in [0.717, 1.165) is 23.7 Å². The highest BCUT2D eigenvalue weighted by Gasteiger charge is 2.52. The van der Waals surface area contributed by atoms with Gasteiger partial charge in [0, 0.05) is 4.75 Å². The summed E-state index contributed by atoms with van der Waals surface area (Å²) in [7, 11) is 0. The summed E-state index contributed by atoms with van der Waals surface area (Å²) in [6, 6.07) is 0. The Morgan fingerprint density at radius 3 is 1.62 bits per heavy atom. The van der Waals surface area contributed by atoms with Gasteiger partial charge in [0.05, 0.1) is 0 Å². The largest absolute Gasteiger partial charge is 0.172 e. The molecule has 0 N–H and O–H groups in total. The molecule has 0 spiro atoms. The first kappa shape index (κ1) is 12.8. The van der Waals surface area contributed by atoms with Gasteiger partial charge in [0.1, 0.15) is 0 Å². The Balaban J connectivity index is 2.06. The van der Waals surface area contributed by atoms with Gasteiger partial charge in [0.15, 0.2) is 0 Å². The lowest BCUT2D eigenvalue weighted by atomic mass is 9.75. The van der Waals surface area contributed by atoms with Crippen LogP contribution in [0.4, 0.5) is 0 Å². The molecule has 0 heterocycles. The van der Waals surface area contributed by atoms with Crippen LogP contribution in [0.1, 0.15) is 60.3 Å². The minimum absolute atomic E-state index is 0.341. The van der Waals surface area contributed by atoms with Crippen molar-refractivity contribution in [2.45, 2.75) is 65.0 Å². The topological polar surface area (TPSA) is 0 Å². The van der Waals surface area contributed by atoms with Crippen molar-refractivity contribution in [3.05, 3.63) is 0 Å². The molecule has 2 atom stereocenters. The Morgan fingerprint density at radius 1 is 0.875 bits per heavy atom. The second-order valence-electron chi connectivity index (χ2n) is 7.40. The van der Waals surface area contributed by atoms with Gasteiger partial charge < -0.3 is 0 Å². The number of hydrogen-bond acceptors (Lipinski definition) is 1. The fourth-order valence-corrected chi connectivity index (χ4v) is 4.50. The molecule has 16 heavy (non-hydrogen) atoms. The zero-order valence-electron chi connectivity index (χ0n) is 11.6. The van der Waals surface area contributed by atoms with Crippen LogP contribution in [0.15, 0.2) is 0 Å². The van der Waals surface area contributed by atoms with E-state index in [2.05, 4.69) is 34.6 Å². The SMILES string of the molecule is CC(C)C1(C)CC2CC(S)(C(C)C)CC2C1. The molecule has 0 bridgehead atoms. The van der Waals surface area contributed by atoms with Crippen LogP contribution in [0.5, 0.6) is 0 Å². The molecular formula is C15H28S. The van der Waals surface area contributed by atoms with E-state index in [-0.39, 0.29) is 0 Å². The monoisotopic (exact) mass is 240 g/mol. The molecule has 1 heteroatoms. The Kier molecular flexibility index (Phi) is 3.15. The standard InChI is InChI=1S/C15H28S/c1-10(2)14(5)6-12-8-15(16,11(3)4)9-13(12)7-14/h10-13,16H,6-9H2,1-5H3. The molecule has 0 aromatic rings. The third kappa shape index (κ3) is 1.94. The highest BCUT2D eigenvalue weighted by atomic mass is 32.1. The molecule has 2 aliphatic carbocycles. The lowest BCUT2D eigenvalue weighted by molar-refractivity contribution is 0.201. The average Bonchev–Trinajstić information content (AvgIpc) is 2.57. The molecule has 2 aliphatic rings. The zero-order valence-corrected chi connectivity index (χ0v) is 12.5. The Morgan fingerprint density at radius 2 is 1.31 bits per heavy atom. The quantitative estimate of drug-likeness (QED) is 0.659. The van der Waals surface area contributed by atoms with Gasteiger partial charge in [-0.3, -0.25) is 0 Å². The molecule has 0 nitrogen and oxygen atoms in total. The molecule has 2 fully saturated rings. The Bertz CT molecular complexity index is 227. The summed E-state index contributed by atoms with van der Waals surface area (Å²) >= 11 is 4.99. The van der Waals surface area contributed by atoms with Crippen molar-refractivity contribution in [3.63, 3.8) is 0 Å². The van der Waals surface area contributed by atoms with Crippen LogP contribution in [0.25, 0.3) is 0 Å². The van der Waals surface area contributed by atoms with Crippen LogP contribution in [0.3, 0.4) is 0 Å². The van der Waals surface area contributed by atoms with Crippen molar-refractivity contribution in [3.8, 4) is 0 Å². The molecule has 2 unspecified atom stereocenters. The van der Waals surface area contributed by atoms with Crippen molar-refractivity contribution >= 4 is 12.6 Å². The lowest BCUT2D eigenvalue weighted by Gasteiger charge is -2.34. The summed E-state index contributed by atoms with van der Waals surface area (Å²) in [6.07, 6.45) is 5.62. The highest BCUT2D eigenvalue weighted by Crippen LogP contribution is 2.60. The molecule has 0 aromatic heterocycles. The summed E-state index contributed by atoms with van der Waals surface area (Å²) in [5.41, 5.74) is 0.613. The first-order valence-electron chi connectivity index (χ1n) is 6.99. The molecule has 0 aromatic carbocycles. The maximum Gasteiger partial charge on any atom is 0.0158 e. The fourth-order valence-electron chi connectivity index (χ4n) is 4.03. The van der Waals surface area contributed by atoms with E-state index in [1.54, 1.807) is 0 Å². The molecule has 2 rings (SSSR count). The van der Waals surface area contributed by atoms with Crippen molar-refractivity contribution in [1.82, 2.24) is 0 Å². The predicted octanol–water partition coefficient (Wildman–Crippen LogP) is 4.79. The van der Waals surface area contributed by atoms with E-state index in [1.807, 2.05) is 0 Å². The normalized spacial score (nSPS) is 48.0. The Labute approximate surface area is 107 Å². The van der Waals surface area contributed by atoms with Crippen LogP contribution in [-0.4, -0.2) is 4.75 Å². The van der Waals surface area contributed by atoms with Gasteiger partial charge in [-0.15, -0.1) is 0 Å². The fraction of sp³-hybridized carbons (Fsp3) is 1.00. The predicted molar refractivity (Wildman–Crippen MR) is 74.9 cm³/mol. The third-order valence-corrected chi connectivity index (χ3v) is 6.71. The molecule has 94 valence electrons. The second-order valence-corrected chi connectivity index (χ2v) is 8.29. The molecule has 0 amide bonds. The van der Waals surface area contributed by atoms with Crippen molar-refractivity contribution in [1.29, 1.82) is 0 Å². The number of hydrogen-bond donors (Lipinski definition) is 1. The van der Waals surface area contributed by atoms with E-state index in [0.29, 0.717) is 10.2 Å². The van der Waals surface area contributed by atoms with E-state index in [9.17, 15) is 0 Å². The van der Waals surface area contributed by atoms with Crippen molar-refractivity contribution in [2.75, 3.05) is 0 Å². The lowest BCUT2D eigenvalue weighted by Crippen LogP contribution is -2.28. The van der Waals surface area contributed by atoms with Gasteiger partial charge in [0.2, 0.25) is 0 Å². The Hall–Kier alpha value is 0.350. The van der Waals surface area contributed by atoms with Gasteiger partial charge in [0.25, 0.3) is 0 Å². The maximum atomic E-state index is 4.99. The van der Waals surface area contributed by atoms with E-state index in [4.69, 9.17) is 12.6 Å². The molecule has 0 aliphatic heterocycles. The van der Waals surface area contributed by atoms with Gasteiger partial charge in [-0.25, -0.2) is 0 Å². The smallest absolute Gasteiger partial charge is 0.0158 e. The van der Waals surface area contributed by atoms with Crippen molar-refractivity contribution in [2.24, 2.45) is 29.1 Å². The molecule has 0 radical (unpaired) electrons. The summed E-state index contributed by atoms with van der Waals surface area (Å²) in [5, 5.41) is 0. The highest BCUT2D eigenvalue weighted by molar-refractivity contribution is 7.81. The van der Waals surface area contributed by atoms with E-state index in [1.165, 1.54) is 25.7 Å². The maximum absolute atomic E-state index is 4.99. The molecular weight excluding hydrogens is 212 g/mol. The van der Waals surface area contributed by atoms with Crippen LogP contribution < -0.4 is 0 Å². The van der Waals surface area contributed by atoms with Gasteiger partial charge in [-0.1, -0.05) is 34.6 Å². The summed E-state index contributed by atoms with van der Waals surface area (Å²) in [4.78, 5) is 0. The zero-order chi connectivity index (χ0) is 12.1. The molecule has 0 saturated heterocycles. The first-order chi connectivity index (χ1) is 7.27. The van der Waals surface area contributed by atoms with Gasteiger partial charge in [-0.05, 0) is 54.8 Å². The van der Waals surface area contributed by atoms with Crippen LogP contribution >= 0.6 is 12.6 Å². The number of fused-ring (bicyclic) bond motifs is 1. The van der Waals surface area contributed by atoms with E-state index >= 15 is 0 Å². The van der Waals surface area contributed by atoms with Gasteiger partial charge >= 0.3 is 0 Å². The number of rotatable bonds is 2. The van der Waals surface area contributed by atoms with E-state index < -0.39 is 0 Å². The summed E-state index contributed by atoms with van der Waals surface area (Å²) in [6.45, 7) is 12.0. The summed E-state index contributed by atoms with van der Waals surface area (Å²) in [5.74, 6) is 3.50. The second kappa shape index (κ2) is 3.93. The van der Waals surface area contributed by atoms with Crippen LogP contribution in [-0.2, 0) is 0 Å². The average molecular weight is 240 g/mol. The summed E-state index contributed by atoms with van der Waals surface area (Å²) < 4.78 is 0.341. The molecule has 2 saturated carbocycles. The van der Waals surface area contributed by atoms with Gasteiger partial charge in [-0.2, -0.15) is 12.6 Å².